The van der Waals surface area contributed by atoms with E-state index in [-0.39, 0.29) is 28.3 Å². The quantitative estimate of drug-likeness (QED) is 0.377. The summed E-state index contributed by atoms with van der Waals surface area (Å²) in [5.74, 6) is 1.84. The van der Waals surface area contributed by atoms with Crippen LogP contribution in [0.1, 0.15) is 48.5 Å². The van der Waals surface area contributed by atoms with Gasteiger partial charge in [-0.2, -0.15) is 8.42 Å². The standard InChI is InChI=1S/C23H26N2O6S/c1-14-3-8-19(25(27)28)13-22(14)32(29,30)31-20-9-6-17(7-10-20)23(26)24-15(2)21-12-16-4-5-18(21)11-16/h3,6-10,13,15-16,18,21H,4-5,11-12H2,1-2H3,(H,24,26)/t15-,16-,18-,21+/m0/s1. The minimum absolute atomic E-state index is 0.0219. The van der Waals surface area contributed by atoms with Crippen molar-refractivity contribution >= 4 is 21.7 Å². The summed E-state index contributed by atoms with van der Waals surface area (Å²) >= 11 is 0. The van der Waals surface area contributed by atoms with Gasteiger partial charge in [0.05, 0.1) is 4.92 Å². The van der Waals surface area contributed by atoms with Gasteiger partial charge in [0.25, 0.3) is 11.6 Å². The highest BCUT2D eigenvalue weighted by molar-refractivity contribution is 7.87. The Hall–Kier alpha value is -2.94. The Balaban J connectivity index is 1.43. The number of nitrogens with one attached hydrogen (secondary N) is 1. The minimum atomic E-state index is -4.27. The van der Waals surface area contributed by atoms with Gasteiger partial charge in [-0.1, -0.05) is 12.5 Å². The van der Waals surface area contributed by atoms with Crippen LogP contribution in [-0.2, 0) is 10.1 Å². The van der Waals surface area contributed by atoms with Gasteiger partial charge in [0.15, 0.2) is 0 Å². The number of amides is 1. The number of nitro groups is 1. The number of carbonyl (C=O) groups excluding carboxylic acids is 1. The smallest absolute Gasteiger partial charge is 0.339 e. The summed E-state index contributed by atoms with van der Waals surface area (Å²) in [5, 5.41) is 14.1. The lowest BCUT2D eigenvalue weighted by Gasteiger charge is -2.28. The summed E-state index contributed by atoms with van der Waals surface area (Å²) in [6, 6.07) is 9.48. The number of carbonyl (C=O) groups is 1. The van der Waals surface area contributed by atoms with E-state index in [1.807, 2.05) is 0 Å². The van der Waals surface area contributed by atoms with Gasteiger partial charge in [-0.05, 0) is 80.7 Å². The van der Waals surface area contributed by atoms with Crippen LogP contribution < -0.4 is 9.50 Å². The van der Waals surface area contributed by atoms with E-state index in [0.717, 1.165) is 12.0 Å². The molecule has 4 rings (SSSR count). The maximum Gasteiger partial charge on any atom is 0.339 e. The first-order valence-corrected chi connectivity index (χ1v) is 12.2. The lowest BCUT2D eigenvalue weighted by Crippen LogP contribution is -2.40. The summed E-state index contributed by atoms with van der Waals surface area (Å²) in [6.07, 6.45) is 5.01. The molecule has 0 saturated heterocycles. The average molecular weight is 459 g/mol. The maximum atomic E-state index is 12.6. The van der Waals surface area contributed by atoms with Crippen LogP contribution in [-0.4, -0.2) is 25.3 Å². The second-order valence-corrected chi connectivity index (χ2v) is 10.4. The SMILES string of the molecule is Cc1ccc([N+](=O)[O-])cc1S(=O)(=O)Oc1ccc(C(=O)N[C@@H](C)[C@H]2C[C@H]3CC[C@H]2C3)cc1. The highest BCUT2D eigenvalue weighted by Gasteiger charge is 2.42. The molecule has 9 heteroatoms. The van der Waals surface area contributed by atoms with E-state index in [4.69, 9.17) is 4.18 Å². The molecular weight excluding hydrogens is 432 g/mol. The van der Waals surface area contributed by atoms with Gasteiger partial charge >= 0.3 is 10.1 Å². The number of hydrogen-bond acceptors (Lipinski definition) is 6. The molecule has 2 fully saturated rings. The zero-order valence-electron chi connectivity index (χ0n) is 18.0. The van der Waals surface area contributed by atoms with E-state index in [2.05, 4.69) is 12.2 Å². The Morgan fingerprint density at radius 2 is 1.88 bits per heavy atom. The lowest BCUT2D eigenvalue weighted by atomic mass is 9.84. The topological polar surface area (TPSA) is 116 Å². The number of nitro benzene ring substituents is 1. The molecule has 32 heavy (non-hydrogen) atoms. The third kappa shape index (κ3) is 4.48. The van der Waals surface area contributed by atoms with Crippen molar-refractivity contribution in [1.82, 2.24) is 5.32 Å². The Bertz CT molecular complexity index is 1150. The summed E-state index contributed by atoms with van der Waals surface area (Å²) in [5.41, 5.74) is 0.409. The third-order valence-corrected chi connectivity index (χ3v) is 8.16. The zero-order chi connectivity index (χ0) is 23.0. The molecule has 2 aromatic carbocycles. The van der Waals surface area contributed by atoms with Crippen LogP contribution in [0.2, 0.25) is 0 Å². The number of nitrogens with zero attached hydrogens (tertiary/aromatic N) is 1. The van der Waals surface area contributed by atoms with E-state index in [1.165, 1.54) is 69.0 Å². The number of fused-ring (bicyclic) bond motifs is 2. The van der Waals surface area contributed by atoms with Gasteiger partial charge in [0, 0.05) is 23.7 Å². The fourth-order valence-corrected chi connectivity index (χ4v) is 6.29. The monoisotopic (exact) mass is 458 g/mol. The van der Waals surface area contributed by atoms with E-state index < -0.39 is 15.0 Å². The van der Waals surface area contributed by atoms with Crippen molar-refractivity contribution in [1.29, 1.82) is 0 Å². The molecule has 2 aliphatic rings. The molecule has 2 aromatic rings. The molecule has 0 aliphatic heterocycles. The van der Waals surface area contributed by atoms with E-state index in [1.54, 1.807) is 0 Å². The van der Waals surface area contributed by atoms with Gasteiger partial charge in [-0.25, -0.2) is 0 Å². The van der Waals surface area contributed by atoms with Crippen molar-refractivity contribution in [2.45, 2.75) is 50.5 Å². The zero-order valence-corrected chi connectivity index (χ0v) is 18.8. The van der Waals surface area contributed by atoms with Crippen LogP contribution in [0.5, 0.6) is 5.75 Å². The van der Waals surface area contributed by atoms with Crippen molar-refractivity contribution < 1.29 is 22.3 Å². The van der Waals surface area contributed by atoms with Gasteiger partial charge in [-0.3, -0.25) is 14.9 Å². The van der Waals surface area contributed by atoms with Crippen molar-refractivity contribution in [2.24, 2.45) is 17.8 Å². The predicted octanol–water partition coefficient (Wildman–Crippen LogP) is 4.23. The number of benzene rings is 2. The second kappa shape index (κ2) is 8.54. The van der Waals surface area contributed by atoms with Crippen molar-refractivity contribution in [3.05, 3.63) is 63.7 Å². The normalized spacial score (nSPS) is 23.0. The fraction of sp³-hybridized carbons (Fsp3) is 0.435. The second-order valence-electron chi connectivity index (χ2n) is 8.87. The van der Waals surface area contributed by atoms with Gasteiger partial charge < -0.3 is 9.50 Å². The average Bonchev–Trinajstić information content (AvgIpc) is 3.37. The van der Waals surface area contributed by atoms with Crippen LogP contribution >= 0.6 is 0 Å². The van der Waals surface area contributed by atoms with Crippen molar-refractivity contribution in [3.8, 4) is 5.75 Å². The minimum Gasteiger partial charge on any atom is -0.379 e. The number of aryl methyl sites for hydroxylation is 1. The molecule has 0 radical (unpaired) electrons. The Labute approximate surface area is 187 Å². The number of rotatable bonds is 7. The first-order valence-electron chi connectivity index (χ1n) is 10.7. The molecule has 2 saturated carbocycles. The van der Waals surface area contributed by atoms with Gasteiger partial charge in [-0.15, -0.1) is 0 Å². The van der Waals surface area contributed by atoms with Crippen LogP contribution in [0.15, 0.2) is 47.4 Å². The predicted molar refractivity (Wildman–Crippen MR) is 118 cm³/mol. The Morgan fingerprint density at radius 1 is 1.16 bits per heavy atom. The molecule has 2 bridgehead atoms. The number of non-ortho nitro benzene ring substituents is 1. The summed E-state index contributed by atoms with van der Waals surface area (Å²) < 4.78 is 30.4. The van der Waals surface area contributed by atoms with Crippen LogP contribution in [0, 0.1) is 34.8 Å². The lowest BCUT2D eigenvalue weighted by molar-refractivity contribution is -0.385. The van der Waals surface area contributed by atoms with Crippen LogP contribution in [0.3, 0.4) is 0 Å². The van der Waals surface area contributed by atoms with E-state index >= 15 is 0 Å². The molecular formula is C23H26N2O6S. The Morgan fingerprint density at radius 3 is 2.47 bits per heavy atom. The molecule has 8 nitrogen and oxygen atoms in total. The molecule has 1 amide bonds. The molecule has 0 unspecified atom stereocenters. The molecule has 0 heterocycles. The molecule has 0 aromatic heterocycles. The number of hydrogen-bond donors (Lipinski definition) is 1. The van der Waals surface area contributed by atoms with Gasteiger partial charge in [0.1, 0.15) is 10.6 Å². The maximum absolute atomic E-state index is 12.6. The largest absolute Gasteiger partial charge is 0.379 e. The molecule has 4 atom stereocenters. The third-order valence-electron chi connectivity index (χ3n) is 6.77. The molecule has 170 valence electrons. The summed E-state index contributed by atoms with van der Waals surface area (Å²) in [7, 11) is -4.27. The summed E-state index contributed by atoms with van der Waals surface area (Å²) in [6.45, 7) is 3.58. The van der Waals surface area contributed by atoms with Crippen LogP contribution in [0.4, 0.5) is 5.69 Å². The van der Waals surface area contributed by atoms with Crippen molar-refractivity contribution in [3.63, 3.8) is 0 Å². The molecule has 2 aliphatic carbocycles. The highest BCUT2D eigenvalue weighted by Crippen LogP contribution is 2.49. The fourth-order valence-electron chi connectivity index (χ4n) is 5.11. The van der Waals surface area contributed by atoms with Crippen LogP contribution in [0.25, 0.3) is 0 Å². The Kier molecular flexibility index (Phi) is 5.94. The van der Waals surface area contributed by atoms with E-state index in [0.29, 0.717) is 23.0 Å². The van der Waals surface area contributed by atoms with Crippen molar-refractivity contribution in [2.75, 3.05) is 0 Å². The summed E-state index contributed by atoms with van der Waals surface area (Å²) in [4.78, 5) is 22.7. The first kappa shape index (κ1) is 22.3. The molecule has 1 N–H and O–H groups in total. The van der Waals surface area contributed by atoms with E-state index in [9.17, 15) is 23.3 Å². The van der Waals surface area contributed by atoms with Gasteiger partial charge in [0.2, 0.25) is 0 Å². The highest BCUT2D eigenvalue weighted by atomic mass is 32.2. The molecule has 0 spiro atoms. The first-order chi connectivity index (χ1) is 15.1.